The van der Waals surface area contributed by atoms with Crippen molar-refractivity contribution >= 4 is 6.08 Å². The maximum atomic E-state index is 5.55. The third kappa shape index (κ3) is 1.92. The van der Waals surface area contributed by atoms with Gasteiger partial charge in [0.25, 0.3) is 0 Å². The van der Waals surface area contributed by atoms with E-state index in [0.29, 0.717) is 6.54 Å². The van der Waals surface area contributed by atoms with Gasteiger partial charge in [-0.3, -0.25) is 0 Å². The summed E-state index contributed by atoms with van der Waals surface area (Å²) in [6.07, 6.45) is 4.09. The Morgan fingerprint density at radius 3 is 2.73 bits per heavy atom. The average molecular weight is 147 g/mol. The first kappa shape index (κ1) is 8.02. The Kier molecular flexibility index (Phi) is 2.87. The third-order valence-corrected chi connectivity index (χ3v) is 1.62. The molecule has 0 unspecified atom stereocenters. The van der Waals surface area contributed by atoms with Crippen LogP contribution >= 0.6 is 0 Å². The molecule has 2 N–H and O–H groups in total. The lowest BCUT2D eigenvalue weighted by Gasteiger charge is -2.00. The highest BCUT2D eigenvalue weighted by Gasteiger charge is 1.92. The van der Waals surface area contributed by atoms with Crippen LogP contribution in [0.4, 0.5) is 0 Å². The highest BCUT2D eigenvalue weighted by Crippen LogP contribution is 2.09. The number of rotatable bonds is 2. The molecule has 0 amide bonds. The van der Waals surface area contributed by atoms with Crippen LogP contribution in [0, 0.1) is 0 Å². The second kappa shape index (κ2) is 3.94. The van der Waals surface area contributed by atoms with Crippen LogP contribution in [-0.4, -0.2) is 0 Å². The Hall–Kier alpha value is -1.08. The molecule has 0 aliphatic carbocycles. The van der Waals surface area contributed by atoms with Crippen molar-refractivity contribution in [1.82, 2.24) is 0 Å². The molecule has 0 fully saturated rings. The molecule has 11 heavy (non-hydrogen) atoms. The summed E-state index contributed by atoms with van der Waals surface area (Å²) < 4.78 is 0. The lowest BCUT2D eigenvalue weighted by molar-refractivity contribution is 1.07. The minimum absolute atomic E-state index is 0.612. The molecule has 0 aliphatic heterocycles. The monoisotopic (exact) mass is 147 g/mol. The zero-order chi connectivity index (χ0) is 8.10. The van der Waals surface area contributed by atoms with Crippen LogP contribution < -0.4 is 5.73 Å². The molecule has 0 saturated carbocycles. The molecule has 0 heterocycles. The topological polar surface area (TPSA) is 26.0 Å². The molecule has 1 aromatic rings. The molecular weight excluding hydrogens is 134 g/mol. The van der Waals surface area contributed by atoms with Gasteiger partial charge in [-0.25, -0.2) is 0 Å². The first-order valence-electron chi connectivity index (χ1n) is 3.79. The number of hydrogen-bond acceptors (Lipinski definition) is 1. The molecule has 0 radical (unpaired) electrons. The van der Waals surface area contributed by atoms with Crippen molar-refractivity contribution in [2.75, 3.05) is 0 Å². The van der Waals surface area contributed by atoms with Gasteiger partial charge < -0.3 is 5.73 Å². The summed E-state index contributed by atoms with van der Waals surface area (Å²) in [4.78, 5) is 0. The molecule has 1 nitrogen and oxygen atoms in total. The average Bonchev–Trinajstić information content (AvgIpc) is 2.06. The third-order valence-electron chi connectivity index (χ3n) is 1.62. The Labute approximate surface area is 67.5 Å². The highest BCUT2D eigenvalue weighted by atomic mass is 14.5. The summed E-state index contributed by atoms with van der Waals surface area (Å²) in [6, 6.07) is 8.15. The smallest absolute Gasteiger partial charge is 0.0184 e. The molecule has 0 aromatic heterocycles. The van der Waals surface area contributed by atoms with Gasteiger partial charge in [0.15, 0.2) is 0 Å². The van der Waals surface area contributed by atoms with Gasteiger partial charge >= 0.3 is 0 Å². The van der Waals surface area contributed by atoms with E-state index in [0.717, 1.165) is 0 Å². The van der Waals surface area contributed by atoms with Gasteiger partial charge in [-0.05, 0) is 18.1 Å². The van der Waals surface area contributed by atoms with Crippen molar-refractivity contribution in [3.8, 4) is 0 Å². The van der Waals surface area contributed by atoms with Gasteiger partial charge in [0, 0.05) is 6.54 Å². The zero-order valence-corrected chi connectivity index (χ0v) is 6.75. The molecule has 0 bridgehead atoms. The number of allylic oxidation sites excluding steroid dienone is 1. The predicted molar refractivity (Wildman–Crippen MR) is 49.0 cm³/mol. The Bertz CT molecular complexity index is 251. The van der Waals surface area contributed by atoms with Crippen LogP contribution in [0.1, 0.15) is 18.1 Å². The minimum atomic E-state index is 0.612. The normalized spacial score (nSPS) is 10.7. The van der Waals surface area contributed by atoms with Crippen molar-refractivity contribution in [2.45, 2.75) is 13.5 Å². The number of hydrogen-bond donors (Lipinski definition) is 1. The van der Waals surface area contributed by atoms with E-state index < -0.39 is 0 Å². The molecule has 0 atom stereocenters. The maximum Gasteiger partial charge on any atom is 0.0184 e. The van der Waals surface area contributed by atoms with E-state index in [1.54, 1.807) is 0 Å². The maximum absolute atomic E-state index is 5.55. The second-order valence-electron chi connectivity index (χ2n) is 2.40. The minimum Gasteiger partial charge on any atom is -0.326 e. The number of benzene rings is 1. The molecule has 0 spiro atoms. The highest BCUT2D eigenvalue weighted by molar-refractivity contribution is 5.53. The zero-order valence-electron chi connectivity index (χ0n) is 6.75. The summed E-state index contributed by atoms with van der Waals surface area (Å²) in [7, 11) is 0. The lowest BCUT2D eigenvalue weighted by Crippen LogP contribution is -1.97. The van der Waals surface area contributed by atoms with Crippen LogP contribution in [0.15, 0.2) is 30.3 Å². The van der Waals surface area contributed by atoms with Crippen LogP contribution in [-0.2, 0) is 6.54 Å². The standard InChI is InChI=1S/C10H13N/c1-2-5-9-6-3-4-7-10(9)8-11/h2-7H,8,11H2,1H3/b5-2-. The Morgan fingerprint density at radius 1 is 1.36 bits per heavy atom. The van der Waals surface area contributed by atoms with E-state index in [1.807, 2.05) is 25.1 Å². The fourth-order valence-electron chi connectivity index (χ4n) is 1.06. The van der Waals surface area contributed by atoms with E-state index in [4.69, 9.17) is 5.73 Å². The van der Waals surface area contributed by atoms with Crippen molar-refractivity contribution in [3.63, 3.8) is 0 Å². The molecule has 1 heteroatoms. The molecule has 0 saturated heterocycles. The van der Waals surface area contributed by atoms with E-state index in [9.17, 15) is 0 Å². The summed E-state index contributed by atoms with van der Waals surface area (Å²) in [5, 5.41) is 0. The van der Waals surface area contributed by atoms with Gasteiger partial charge in [0.05, 0.1) is 0 Å². The molecule has 1 rings (SSSR count). The SMILES string of the molecule is C/C=C\c1ccccc1CN. The Balaban J connectivity index is 3.02. The molecule has 1 aromatic carbocycles. The number of nitrogens with two attached hydrogens (primary N) is 1. The molecular formula is C10H13N. The van der Waals surface area contributed by atoms with E-state index in [-0.39, 0.29) is 0 Å². The van der Waals surface area contributed by atoms with E-state index >= 15 is 0 Å². The predicted octanol–water partition coefficient (Wildman–Crippen LogP) is 2.18. The summed E-state index contributed by atoms with van der Waals surface area (Å²) in [6.45, 7) is 2.62. The van der Waals surface area contributed by atoms with Crippen LogP contribution in [0.3, 0.4) is 0 Å². The first-order valence-corrected chi connectivity index (χ1v) is 3.79. The first-order chi connectivity index (χ1) is 5.38. The van der Waals surface area contributed by atoms with Crippen LogP contribution in [0.25, 0.3) is 6.08 Å². The second-order valence-corrected chi connectivity index (χ2v) is 2.40. The van der Waals surface area contributed by atoms with Gasteiger partial charge in [0.1, 0.15) is 0 Å². The van der Waals surface area contributed by atoms with Crippen molar-refractivity contribution in [1.29, 1.82) is 0 Å². The Morgan fingerprint density at radius 2 is 2.09 bits per heavy atom. The largest absolute Gasteiger partial charge is 0.326 e. The fraction of sp³-hybridized carbons (Fsp3) is 0.200. The van der Waals surface area contributed by atoms with Crippen molar-refractivity contribution in [2.24, 2.45) is 5.73 Å². The van der Waals surface area contributed by atoms with Gasteiger partial charge in [0.2, 0.25) is 0 Å². The van der Waals surface area contributed by atoms with Gasteiger partial charge in [-0.15, -0.1) is 0 Å². The van der Waals surface area contributed by atoms with Crippen LogP contribution in [0.2, 0.25) is 0 Å². The van der Waals surface area contributed by atoms with E-state index in [2.05, 4.69) is 18.2 Å². The van der Waals surface area contributed by atoms with E-state index in [1.165, 1.54) is 11.1 Å². The fourth-order valence-corrected chi connectivity index (χ4v) is 1.06. The van der Waals surface area contributed by atoms with Crippen LogP contribution in [0.5, 0.6) is 0 Å². The van der Waals surface area contributed by atoms with Crippen molar-refractivity contribution < 1.29 is 0 Å². The summed E-state index contributed by atoms with van der Waals surface area (Å²) in [5.74, 6) is 0. The quantitative estimate of drug-likeness (QED) is 0.681. The van der Waals surface area contributed by atoms with Gasteiger partial charge in [-0.1, -0.05) is 36.4 Å². The van der Waals surface area contributed by atoms with Crippen molar-refractivity contribution in [3.05, 3.63) is 41.5 Å². The molecule has 0 aliphatic rings. The molecule has 58 valence electrons. The summed E-state index contributed by atoms with van der Waals surface area (Å²) in [5.41, 5.74) is 7.97. The lowest BCUT2D eigenvalue weighted by atomic mass is 10.1. The van der Waals surface area contributed by atoms with Gasteiger partial charge in [-0.2, -0.15) is 0 Å². The summed E-state index contributed by atoms with van der Waals surface area (Å²) >= 11 is 0.